The Morgan fingerprint density at radius 2 is 1.74 bits per heavy atom. The van der Waals surface area contributed by atoms with Gasteiger partial charge in [-0.25, -0.2) is 0 Å². The van der Waals surface area contributed by atoms with Crippen LogP contribution in [0.15, 0.2) is 78.0 Å². The summed E-state index contributed by atoms with van der Waals surface area (Å²) in [5.41, 5.74) is 1.97. The number of nitrogens with one attached hydrogen (secondary N) is 2. The first-order valence-electron chi connectivity index (χ1n) is 10.1. The first-order valence-corrected chi connectivity index (χ1v) is 11.4. The van der Waals surface area contributed by atoms with E-state index in [1.165, 1.54) is 4.68 Å². The second-order valence-electron chi connectivity index (χ2n) is 6.89. The summed E-state index contributed by atoms with van der Waals surface area (Å²) in [6.07, 6.45) is 0. The second-order valence-corrected chi connectivity index (χ2v) is 8.27. The number of hydrogen-bond acceptors (Lipinski definition) is 7. The molecule has 4 aromatic rings. The predicted octanol–water partition coefficient (Wildman–Crippen LogP) is 4.31. The quantitative estimate of drug-likeness (QED) is 0.351. The fraction of sp³-hybridized carbons (Fsp3) is 0.0870. The zero-order chi connectivity index (χ0) is 23.9. The molecule has 0 aliphatic carbocycles. The van der Waals surface area contributed by atoms with Crippen LogP contribution in [-0.4, -0.2) is 44.9 Å². The Labute approximate surface area is 204 Å². The molecule has 0 radical (unpaired) electrons. The smallest absolute Gasteiger partial charge is 0.257 e. The first kappa shape index (κ1) is 23.3. The average molecular weight is 495 g/mol. The molecule has 2 amide bonds. The molecule has 0 aliphatic heterocycles. The van der Waals surface area contributed by atoms with E-state index in [0.29, 0.717) is 38.6 Å². The number of para-hydroxylation sites is 3. The fourth-order valence-electron chi connectivity index (χ4n) is 3.06. The van der Waals surface area contributed by atoms with Gasteiger partial charge in [-0.05, 0) is 59.0 Å². The Bertz CT molecular complexity index is 1310. The zero-order valence-electron chi connectivity index (χ0n) is 17.9. The van der Waals surface area contributed by atoms with E-state index in [1.807, 2.05) is 18.2 Å². The molecule has 3 aromatic carbocycles. The SMILES string of the molecule is COc1ccccc1-n1nnnc1SCC(=O)Nc1ccccc1C(=O)Nc1ccc(Cl)cc1. The minimum atomic E-state index is -0.356. The number of thioether (sulfide) groups is 1. The first-order chi connectivity index (χ1) is 16.5. The number of aromatic nitrogens is 4. The molecule has 0 unspecified atom stereocenters. The second kappa shape index (κ2) is 10.8. The third-order valence-electron chi connectivity index (χ3n) is 4.63. The predicted molar refractivity (Wildman–Crippen MR) is 131 cm³/mol. The summed E-state index contributed by atoms with van der Waals surface area (Å²) >= 11 is 7.05. The van der Waals surface area contributed by atoms with Crippen molar-refractivity contribution in [2.45, 2.75) is 5.16 Å². The number of hydrogen-bond donors (Lipinski definition) is 2. The van der Waals surface area contributed by atoms with Crippen LogP contribution in [0, 0.1) is 0 Å². The van der Waals surface area contributed by atoms with Crippen LogP contribution in [0.2, 0.25) is 5.02 Å². The fourth-order valence-corrected chi connectivity index (χ4v) is 3.87. The normalized spacial score (nSPS) is 10.5. The standard InChI is InChI=1S/C23H19ClN6O3S/c1-33-20-9-5-4-8-19(20)30-23(27-28-29-30)34-14-21(31)26-18-7-3-2-6-17(18)22(32)25-16-12-10-15(24)11-13-16/h2-13H,14H2,1H3,(H,25,32)(H,26,31). The van der Waals surface area contributed by atoms with Gasteiger partial charge < -0.3 is 15.4 Å². The maximum atomic E-state index is 12.8. The molecule has 11 heteroatoms. The summed E-state index contributed by atoms with van der Waals surface area (Å²) < 4.78 is 6.87. The Hall–Kier alpha value is -3.89. The number of amides is 2. The molecule has 1 heterocycles. The van der Waals surface area contributed by atoms with E-state index in [-0.39, 0.29) is 17.6 Å². The third kappa shape index (κ3) is 5.53. The van der Waals surface area contributed by atoms with Crippen molar-refractivity contribution in [3.8, 4) is 11.4 Å². The number of nitrogens with zero attached hydrogens (tertiary/aromatic N) is 4. The summed E-state index contributed by atoms with van der Waals surface area (Å²) in [4.78, 5) is 25.4. The minimum Gasteiger partial charge on any atom is -0.494 e. The third-order valence-corrected chi connectivity index (χ3v) is 5.81. The van der Waals surface area contributed by atoms with Gasteiger partial charge in [-0.15, -0.1) is 5.10 Å². The van der Waals surface area contributed by atoms with Gasteiger partial charge in [0.25, 0.3) is 5.91 Å². The summed E-state index contributed by atoms with van der Waals surface area (Å²) in [6.45, 7) is 0. The number of carbonyl (C=O) groups is 2. The van der Waals surface area contributed by atoms with E-state index in [1.54, 1.807) is 61.7 Å². The van der Waals surface area contributed by atoms with Gasteiger partial charge in [-0.2, -0.15) is 4.68 Å². The van der Waals surface area contributed by atoms with Crippen molar-refractivity contribution in [3.63, 3.8) is 0 Å². The van der Waals surface area contributed by atoms with Gasteiger partial charge >= 0.3 is 0 Å². The summed E-state index contributed by atoms with van der Waals surface area (Å²) in [6, 6.07) is 20.8. The van der Waals surface area contributed by atoms with E-state index < -0.39 is 0 Å². The Morgan fingerprint density at radius 1 is 1.00 bits per heavy atom. The molecule has 0 saturated heterocycles. The zero-order valence-corrected chi connectivity index (χ0v) is 19.5. The molecular formula is C23H19ClN6O3S. The summed E-state index contributed by atoms with van der Waals surface area (Å²) in [5, 5.41) is 18.3. The van der Waals surface area contributed by atoms with E-state index in [0.717, 1.165) is 11.8 Å². The molecule has 172 valence electrons. The number of halogens is 1. The van der Waals surface area contributed by atoms with Crippen LogP contribution in [0.25, 0.3) is 5.69 Å². The molecule has 4 rings (SSSR count). The molecule has 0 bridgehead atoms. The van der Waals surface area contributed by atoms with Gasteiger partial charge in [-0.3, -0.25) is 9.59 Å². The van der Waals surface area contributed by atoms with E-state index in [4.69, 9.17) is 16.3 Å². The van der Waals surface area contributed by atoms with Gasteiger partial charge in [0.1, 0.15) is 11.4 Å². The van der Waals surface area contributed by atoms with Crippen molar-refractivity contribution in [1.29, 1.82) is 0 Å². The number of carbonyl (C=O) groups excluding carboxylic acids is 2. The van der Waals surface area contributed by atoms with Crippen molar-refractivity contribution in [1.82, 2.24) is 20.2 Å². The Morgan fingerprint density at radius 3 is 2.53 bits per heavy atom. The lowest BCUT2D eigenvalue weighted by atomic mass is 10.1. The molecule has 9 nitrogen and oxygen atoms in total. The van der Waals surface area contributed by atoms with E-state index >= 15 is 0 Å². The molecule has 0 aliphatic rings. The van der Waals surface area contributed by atoms with Gasteiger partial charge in [0, 0.05) is 10.7 Å². The highest BCUT2D eigenvalue weighted by molar-refractivity contribution is 7.99. The maximum absolute atomic E-state index is 12.8. The monoisotopic (exact) mass is 494 g/mol. The van der Waals surface area contributed by atoms with Crippen molar-refractivity contribution < 1.29 is 14.3 Å². The lowest BCUT2D eigenvalue weighted by Crippen LogP contribution is -2.19. The largest absolute Gasteiger partial charge is 0.494 e. The lowest BCUT2D eigenvalue weighted by molar-refractivity contribution is -0.113. The van der Waals surface area contributed by atoms with Crippen LogP contribution in [0.5, 0.6) is 5.75 Å². The Balaban J connectivity index is 1.43. The Kier molecular flexibility index (Phi) is 7.41. The highest BCUT2D eigenvalue weighted by Crippen LogP contribution is 2.26. The number of tetrazole rings is 1. The van der Waals surface area contributed by atoms with Gasteiger partial charge in [-0.1, -0.05) is 47.6 Å². The van der Waals surface area contributed by atoms with Gasteiger partial charge in [0.05, 0.1) is 24.1 Å². The van der Waals surface area contributed by atoms with Crippen molar-refractivity contribution >= 4 is 46.6 Å². The van der Waals surface area contributed by atoms with Crippen molar-refractivity contribution in [3.05, 3.63) is 83.4 Å². The number of anilines is 2. The number of rotatable bonds is 8. The maximum Gasteiger partial charge on any atom is 0.257 e. The van der Waals surface area contributed by atoms with Crippen LogP contribution >= 0.6 is 23.4 Å². The van der Waals surface area contributed by atoms with Crippen LogP contribution in [0.1, 0.15) is 10.4 Å². The molecular weight excluding hydrogens is 476 g/mol. The molecule has 0 atom stereocenters. The highest BCUT2D eigenvalue weighted by atomic mass is 35.5. The minimum absolute atomic E-state index is 0.0304. The average Bonchev–Trinajstić information content (AvgIpc) is 3.33. The molecule has 0 spiro atoms. The van der Waals surface area contributed by atoms with Crippen LogP contribution in [0.4, 0.5) is 11.4 Å². The van der Waals surface area contributed by atoms with Crippen LogP contribution in [0.3, 0.4) is 0 Å². The molecule has 2 N–H and O–H groups in total. The van der Waals surface area contributed by atoms with Crippen molar-refractivity contribution in [2.75, 3.05) is 23.5 Å². The lowest BCUT2D eigenvalue weighted by Gasteiger charge is -2.12. The number of benzene rings is 3. The molecule has 1 aromatic heterocycles. The highest BCUT2D eigenvalue weighted by Gasteiger charge is 2.17. The molecule has 34 heavy (non-hydrogen) atoms. The topological polar surface area (TPSA) is 111 Å². The van der Waals surface area contributed by atoms with Crippen LogP contribution < -0.4 is 15.4 Å². The summed E-state index contributed by atoms with van der Waals surface area (Å²) in [5.74, 6) is -0.0399. The van der Waals surface area contributed by atoms with Crippen LogP contribution in [-0.2, 0) is 4.79 Å². The number of methoxy groups -OCH3 is 1. The number of ether oxygens (including phenoxy) is 1. The van der Waals surface area contributed by atoms with E-state index in [2.05, 4.69) is 26.2 Å². The van der Waals surface area contributed by atoms with E-state index in [9.17, 15) is 9.59 Å². The summed E-state index contributed by atoms with van der Waals surface area (Å²) in [7, 11) is 1.56. The van der Waals surface area contributed by atoms with Gasteiger partial charge in [0.15, 0.2) is 0 Å². The van der Waals surface area contributed by atoms with Gasteiger partial charge in [0.2, 0.25) is 11.1 Å². The molecule has 0 saturated carbocycles. The van der Waals surface area contributed by atoms with Crippen molar-refractivity contribution in [2.24, 2.45) is 0 Å². The molecule has 0 fully saturated rings.